The van der Waals surface area contributed by atoms with E-state index >= 15 is 0 Å². The minimum absolute atomic E-state index is 0.165. The van der Waals surface area contributed by atoms with Gasteiger partial charge in [-0.15, -0.1) is 0 Å². The summed E-state index contributed by atoms with van der Waals surface area (Å²) in [5.74, 6) is 0.270. The molecule has 0 bridgehead atoms. The van der Waals surface area contributed by atoms with Crippen LogP contribution >= 0.6 is 11.6 Å². The summed E-state index contributed by atoms with van der Waals surface area (Å²) in [6, 6.07) is 6.40. The highest BCUT2D eigenvalue weighted by atomic mass is 35.5. The van der Waals surface area contributed by atoms with Gasteiger partial charge in [-0.1, -0.05) is 17.7 Å². The van der Waals surface area contributed by atoms with Gasteiger partial charge in [0.2, 0.25) is 0 Å². The molecular formula is C13H12ClFN2O. The second kappa shape index (κ2) is 5.80. The fraction of sp³-hybridized carbons (Fsp3) is 0.154. The molecule has 1 aromatic heterocycles. The molecule has 5 heteroatoms. The third-order valence-electron chi connectivity index (χ3n) is 2.42. The molecule has 0 aliphatic rings. The van der Waals surface area contributed by atoms with Gasteiger partial charge < -0.3 is 10.5 Å². The summed E-state index contributed by atoms with van der Waals surface area (Å²) in [6.45, 7) is 0.480. The van der Waals surface area contributed by atoms with Gasteiger partial charge in [0, 0.05) is 24.4 Å². The van der Waals surface area contributed by atoms with E-state index in [4.69, 9.17) is 22.1 Å². The molecule has 1 heterocycles. The third-order valence-corrected chi connectivity index (χ3v) is 2.62. The molecule has 0 fully saturated rings. The van der Waals surface area contributed by atoms with E-state index in [-0.39, 0.29) is 12.4 Å². The Bertz CT molecular complexity index is 548. The number of hydrogen-bond acceptors (Lipinski definition) is 3. The van der Waals surface area contributed by atoms with Crippen molar-refractivity contribution in [2.75, 3.05) is 0 Å². The molecule has 2 aromatic rings. The van der Waals surface area contributed by atoms with E-state index in [1.54, 1.807) is 24.4 Å². The van der Waals surface area contributed by atoms with Crippen molar-refractivity contribution < 1.29 is 9.13 Å². The maximum atomic E-state index is 13.2. The van der Waals surface area contributed by atoms with E-state index < -0.39 is 0 Å². The Morgan fingerprint density at radius 2 is 2.11 bits per heavy atom. The monoisotopic (exact) mass is 266 g/mol. The Balaban J connectivity index is 2.06. The van der Waals surface area contributed by atoms with Gasteiger partial charge in [0.25, 0.3) is 0 Å². The number of halogens is 2. The summed E-state index contributed by atoms with van der Waals surface area (Å²) < 4.78 is 18.7. The molecule has 0 aliphatic carbocycles. The number of hydrogen-bond donors (Lipinski definition) is 1. The average Bonchev–Trinajstić information content (AvgIpc) is 2.38. The van der Waals surface area contributed by atoms with E-state index in [0.29, 0.717) is 22.9 Å². The molecule has 94 valence electrons. The number of nitrogens with two attached hydrogens (primary N) is 1. The van der Waals surface area contributed by atoms with Crippen LogP contribution in [0.1, 0.15) is 11.1 Å². The van der Waals surface area contributed by atoms with Crippen LogP contribution in [0.4, 0.5) is 4.39 Å². The van der Waals surface area contributed by atoms with Crippen LogP contribution in [0.5, 0.6) is 5.75 Å². The normalized spacial score (nSPS) is 10.4. The van der Waals surface area contributed by atoms with Crippen molar-refractivity contribution in [2.24, 2.45) is 5.73 Å². The third kappa shape index (κ3) is 3.18. The summed E-state index contributed by atoms with van der Waals surface area (Å²) in [6.07, 6.45) is 3.10. The summed E-state index contributed by atoms with van der Waals surface area (Å²) in [4.78, 5) is 3.91. The number of ether oxygens (including phenoxy) is 1. The molecule has 0 radical (unpaired) electrons. The van der Waals surface area contributed by atoms with Gasteiger partial charge >= 0.3 is 0 Å². The topological polar surface area (TPSA) is 48.1 Å². The zero-order chi connectivity index (χ0) is 13.0. The lowest BCUT2D eigenvalue weighted by Gasteiger charge is -2.08. The summed E-state index contributed by atoms with van der Waals surface area (Å²) >= 11 is 5.79. The van der Waals surface area contributed by atoms with Gasteiger partial charge in [-0.05, 0) is 17.7 Å². The molecule has 0 spiro atoms. The van der Waals surface area contributed by atoms with Crippen LogP contribution in [0.15, 0.2) is 36.7 Å². The molecule has 0 saturated carbocycles. The Hall–Kier alpha value is -1.65. The molecule has 1 aromatic carbocycles. The molecule has 18 heavy (non-hydrogen) atoms. The van der Waals surface area contributed by atoms with Crippen LogP contribution < -0.4 is 10.5 Å². The van der Waals surface area contributed by atoms with Crippen LogP contribution in [0.3, 0.4) is 0 Å². The Kier molecular flexibility index (Phi) is 4.12. The summed E-state index contributed by atoms with van der Waals surface area (Å²) in [5, 5.41) is 0.509. The van der Waals surface area contributed by atoms with Crippen molar-refractivity contribution in [3.8, 4) is 5.75 Å². The first-order valence-electron chi connectivity index (χ1n) is 5.40. The average molecular weight is 267 g/mol. The first-order valence-corrected chi connectivity index (χ1v) is 5.77. The second-order valence-corrected chi connectivity index (χ2v) is 4.19. The van der Waals surface area contributed by atoms with Crippen LogP contribution in [0.25, 0.3) is 0 Å². The Morgan fingerprint density at radius 1 is 1.28 bits per heavy atom. The molecule has 0 aliphatic heterocycles. The Labute approximate surface area is 109 Å². The quantitative estimate of drug-likeness (QED) is 0.926. The first-order chi connectivity index (χ1) is 8.69. The molecule has 0 saturated heterocycles. The first kappa shape index (κ1) is 12.8. The van der Waals surface area contributed by atoms with Gasteiger partial charge in [0.15, 0.2) is 0 Å². The largest absolute Gasteiger partial charge is 0.487 e. The number of pyridine rings is 1. The highest BCUT2D eigenvalue weighted by Crippen LogP contribution is 2.17. The fourth-order valence-electron chi connectivity index (χ4n) is 1.51. The number of benzene rings is 1. The molecule has 3 nitrogen and oxygen atoms in total. The molecular weight excluding hydrogens is 255 g/mol. The summed E-state index contributed by atoms with van der Waals surface area (Å²) in [7, 11) is 0. The van der Waals surface area contributed by atoms with E-state index in [0.717, 1.165) is 5.56 Å². The van der Waals surface area contributed by atoms with Crippen LogP contribution in [0, 0.1) is 5.82 Å². The summed E-state index contributed by atoms with van der Waals surface area (Å²) in [5.41, 5.74) is 6.76. The van der Waals surface area contributed by atoms with Gasteiger partial charge in [0.1, 0.15) is 18.2 Å². The predicted octanol–water partition coefficient (Wildman–Crippen LogP) is 2.91. The lowest BCUT2D eigenvalue weighted by molar-refractivity contribution is 0.304. The standard InChI is InChI=1S/C13H12ClFN2O/c14-11-4-12(7-17-6-11)18-8-9-1-2-13(15)10(3-9)5-16/h1-4,6-7H,5,8,16H2. The van der Waals surface area contributed by atoms with E-state index in [9.17, 15) is 4.39 Å². The second-order valence-electron chi connectivity index (χ2n) is 3.76. The zero-order valence-electron chi connectivity index (χ0n) is 9.57. The Morgan fingerprint density at radius 3 is 2.83 bits per heavy atom. The molecule has 0 atom stereocenters. The number of aromatic nitrogens is 1. The van der Waals surface area contributed by atoms with Gasteiger partial charge in [-0.3, -0.25) is 4.98 Å². The SMILES string of the molecule is NCc1cc(COc2cncc(Cl)c2)ccc1F. The van der Waals surface area contributed by atoms with E-state index in [1.165, 1.54) is 12.3 Å². The maximum absolute atomic E-state index is 13.2. The van der Waals surface area contributed by atoms with Crippen LogP contribution in [-0.4, -0.2) is 4.98 Å². The van der Waals surface area contributed by atoms with Crippen molar-refractivity contribution in [3.63, 3.8) is 0 Å². The predicted molar refractivity (Wildman–Crippen MR) is 67.9 cm³/mol. The fourth-order valence-corrected chi connectivity index (χ4v) is 1.68. The lowest BCUT2D eigenvalue weighted by Crippen LogP contribution is -2.02. The minimum Gasteiger partial charge on any atom is -0.487 e. The van der Waals surface area contributed by atoms with Crippen LogP contribution in [-0.2, 0) is 13.2 Å². The maximum Gasteiger partial charge on any atom is 0.139 e. The molecule has 2 rings (SSSR count). The van der Waals surface area contributed by atoms with Crippen molar-refractivity contribution >= 4 is 11.6 Å². The highest BCUT2D eigenvalue weighted by Gasteiger charge is 2.03. The molecule has 0 amide bonds. The molecule has 0 unspecified atom stereocenters. The van der Waals surface area contributed by atoms with Crippen molar-refractivity contribution in [3.05, 3.63) is 58.6 Å². The smallest absolute Gasteiger partial charge is 0.139 e. The minimum atomic E-state index is -0.300. The lowest BCUT2D eigenvalue weighted by atomic mass is 10.1. The van der Waals surface area contributed by atoms with E-state index in [1.807, 2.05) is 0 Å². The van der Waals surface area contributed by atoms with Crippen molar-refractivity contribution in [1.82, 2.24) is 4.98 Å². The zero-order valence-corrected chi connectivity index (χ0v) is 10.3. The number of nitrogens with zero attached hydrogens (tertiary/aromatic N) is 1. The van der Waals surface area contributed by atoms with Gasteiger partial charge in [0.05, 0.1) is 11.2 Å². The number of rotatable bonds is 4. The molecule has 2 N–H and O–H groups in total. The van der Waals surface area contributed by atoms with Gasteiger partial charge in [-0.2, -0.15) is 0 Å². The van der Waals surface area contributed by atoms with Crippen molar-refractivity contribution in [2.45, 2.75) is 13.2 Å². The van der Waals surface area contributed by atoms with Crippen LogP contribution in [0.2, 0.25) is 5.02 Å². The van der Waals surface area contributed by atoms with Crippen molar-refractivity contribution in [1.29, 1.82) is 0 Å². The van der Waals surface area contributed by atoms with E-state index in [2.05, 4.69) is 4.98 Å². The highest BCUT2D eigenvalue weighted by molar-refractivity contribution is 6.30. The van der Waals surface area contributed by atoms with Gasteiger partial charge in [-0.25, -0.2) is 4.39 Å².